The number of carbonyl (C=O) groups is 2. The van der Waals surface area contributed by atoms with Crippen LogP contribution in [0.4, 0.5) is 0 Å². The van der Waals surface area contributed by atoms with Crippen LogP contribution in [0.25, 0.3) is 0 Å². The highest BCUT2D eigenvalue weighted by Crippen LogP contribution is 2.12. The van der Waals surface area contributed by atoms with E-state index in [0.29, 0.717) is 25.1 Å². The highest BCUT2D eigenvalue weighted by Gasteiger charge is 2.14. The van der Waals surface area contributed by atoms with E-state index in [9.17, 15) is 9.59 Å². The first-order chi connectivity index (χ1) is 11.9. The molecular weight excluding hydrogens is 312 g/mol. The zero-order chi connectivity index (χ0) is 18.4. The van der Waals surface area contributed by atoms with E-state index in [-0.39, 0.29) is 11.8 Å². The lowest BCUT2D eigenvalue weighted by Gasteiger charge is -2.21. The van der Waals surface area contributed by atoms with Crippen molar-refractivity contribution in [2.24, 2.45) is 0 Å². The third-order valence-corrected chi connectivity index (χ3v) is 4.15. The average molecular weight is 338 g/mol. The lowest BCUT2D eigenvalue weighted by Crippen LogP contribution is -2.31. The number of hydrogen-bond acceptors (Lipinski definition) is 2. The van der Waals surface area contributed by atoms with Crippen molar-refractivity contribution in [3.05, 3.63) is 70.8 Å². The number of aryl methyl sites for hydroxylation is 1. The number of carbonyl (C=O) groups excluding carboxylic acids is 2. The molecule has 0 bridgehead atoms. The van der Waals surface area contributed by atoms with Gasteiger partial charge in [0.1, 0.15) is 0 Å². The minimum absolute atomic E-state index is 0.0191. The standard InChI is InChI=1S/C21H26N2O2/c1-5-23(20(24)14-18-8-6-7-16(2)13-18)15-17-9-11-19(12-10-17)21(25)22(3)4/h6-13H,5,14-15H2,1-4H3. The first kappa shape index (κ1) is 18.7. The Morgan fingerprint density at radius 1 is 0.960 bits per heavy atom. The molecule has 2 aromatic carbocycles. The summed E-state index contributed by atoms with van der Waals surface area (Å²) in [7, 11) is 3.47. The summed E-state index contributed by atoms with van der Waals surface area (Å²) in [6.45, 7) is 5.22. The van der Waals surface area contributed by atoms with E-state index in [1.165, 1.54) is 0 Å². The van der Waals surface area contributed by atoms with Gasteiger partial charge in [0.15, 0.2) is 0 Å². The third-order valence-electron chi connectivity index (χ3n) is 4.15. The monoisotopic (exact) mass is 338 g/mol. The summed E-state index contributed by atoms with van der Waals surface area (Å²) in [6, 6.07) is 15.5. The van der Waals surface area contributed by atoms with Crippen molar-refractivity contribution < 1.29 is 9.59 Å². The van der Waals surface area contributed by atoms with Gasteiger partial charge in [-0.3, -0.25) is 9.59 Å². The maximum Gasteiger partial charge on any atom is 0.253 e. The number of nitrogens with zero attached hydrogens (tertiary/aromatic N) is 2. The molecule has 4 heteroatoms. The zero-order valence-corrected chi connectivity index (χ0v) is 15.5. The molecule has 0 aliphatic rings. The van der Waals surface area contributed by atoms with E-state index in [4.69, 9.17) is 0 Å². The van der Waals surface area contributed by atoms with Gasteiger partial charge in [0.25, 0.3) is 5.91 Å². The maximum atomic E-state index is 12.6. The average Bonchev–Trinajstić information content (AvgIpc) is 2.59. The molecule has 0 aromatic heterocycles. The van der Waals surface area contributed by atoms with Gasteiger partial charge in [-0.25, -0.2) is 0 Å². The second kappa shape index (κ2) is 8.47. The molecule has 0 fully saturated rings. The summed E-state index contributed by atoms with van der Waals surface area (Å²) >= 11 is 0. The molecule has 0 N–H and O–H groups in total. The molecule has 0 unspecified atom stereocenters. The lowest BCUT2D eigenvalue weighted by molar-refractivity contribution is -0.130. The van der Waals surface area contributed by atoms with Crippen molar-refractivity contribution >= 4 is 11.8 Å². The van der Waals surface area contributed by atoms with Gasteiger partial charge in [0.05, 0.1) is 6.42 Å². The maximum absolute atomic E-state index is 12.6. The molecule has 132 valence electrons. The Balaban J connectivity index is 2.03. The van der Waals surface area contributed by atoms with E-state index in [0.717, 1.165) is 16.7 Å². The molecule has 0 heterocycles. The second-order valence-electron chi connectivity index (χ2n) is 6.47. The predicted octanol–water partition coefficient (Wildman–Crippen LogP) is 3.29. The van der Waals surface area contributed by atoms with Gasteiger partial charge < -0.3 is 9.80 Å². The van der Waals surface area contributed by atoms with Crippen LogP contribution >= 0.6 is 0 Å². The summed E-state index contributed by atoms with van der Waals surface area (Å²) < 4.78 is 0. The first-order valence-corrected chi connectivity index (χ1v) is 8.54. The van der Waals surface area contributed by atoms with Gasteiger partial charge in [0.2, 0.25) is 5.91 Å². The second-order valence-corrected chi connectivity index (χ2v) is 6.47. The van der Waals surface area contributed by atoms with Crippen LogP contribution < -0.4 is 0 Å². The Morgan fingerprint density at radius 2 is 1.64 bits per heavy atom. The molecule has 4 nitrogen and oxygen atoms in total. The van der Waals surface area contributed by atoms with Crippen LogP contribution in [0.2, 0.25) is 0 Å². The van der Waals surface area contributed by atoms with Crippen LogP contribution in [0.3, 0.4) is 0 Å². The molecule has 0 radical (unpaired) electrons. The molecule has 0 aliphatic heterocycles. The Bertz CT molecular complexity index is 736. The minimum atomic E-state index is -0.0191. The third kappa shape index (κ3) is 5.18. The van der Waals surface area contributed by atoms with Gasteiger partial charge in [-0.15, -0.1) is 0 Å². The summed E-state index contributed by atoms with van der Waals surface area (Å²) in [5.74, 6) is 0.0935. The highest BCUT2D eigenvalue weighted by atomic mass is 16.2. The van der Waals surface area contributed by atoms with E-state index in [1.807, 2.05) is 67.3 Å². The molecule has 2 aromatic rings. The van der Waals surface area contributed by atoms with E-state index in [1.54, 1.807) is 19.0 Å². The Kier molecular flexibility index (Phi) is 6.34. The fourth-order valence-corrected chi connectivity index (χ4v) is 2.72. The van der Waals surface area contributed by atoms with Crippen molar-refractivity contribution in [3.63, 3.8) is 0 Å². The number of amides is 2. The minimum Gasteiger partial charge on any atom is -0.345 e. The van der Waals surface area contributed by atoms with Gasteiger partial charge in [-0.1, -0.05) is 42.0 Å². The van der Waals surface area contributed by atoms with Crippen LogP contribution in [0.15, 0.2) is 48.5 Å². The van der Waals surface area contributed by atoms with Gasteiger partial charge in [0, 0.05) is 32.7 Å². The van der Waals surface area contributed by atoms with Gasteiger partial charge in [-0.05, 0) is 37.1 Å². The summed E-state index contributed by atoms with van der Waals surface area (Å²) in [5.41, 5.74) is 3.88. The Morgan fingerprint density at radius 3 is 2.20 bits per heavy atom. The van der Waals surface area contributed by atoms with Crippen LogP contribution in [-0.4, -0.2) is 42.3 Å². The molecule has 0 saturated carbocycles. The quantitative estimate of drug-likeness (QED) is 0.811. The molecule has 2 rings (SSSR count). The van der Waals surface area contributed by atoms with Crippen LogP contribution in [0.1, 0.15) is 34.0 Å². The number of benzene rings is 2. The van der Waals surface area contributed by atoms with Gasteiger partial charge in [-0.2, -0.15) is 0 Å². The summed E-state index contributed by atoms with van der Waals surface area (Å²) in [6.07, 6.45) is 0.409. The summed E-state index contributed by atoms with van der Waals surface area (Å²) in [5, 5.41) is 0. The fourth-order valence-electron chi connectivity index (χ4n) is 2.72. The molecule has 0 atom stereocenters. The highest BCUT2D eigenvalue weighted by molar-refractivity contribution is 5.93. The lowest BCUT2D eigenvalue weighted by atomic mass is 10.1. The largest absolute Gasteiger partial charge is 0.345 e. The van der Waals surface area contributed by atoms with Gasteiger partial charge >= 0.3 is 0 Å². The molecule has 0 spiro atoms. The zero-order valence-electron chi connectivity index (χ0n) is 15.5. The molecular formula is C21H26N2O2. The number of rotatable bonds is 6. The van der Waals surface area contributed by atoms with Crippen molar-refractivity contribution in [1.29, 1.82) is 0 Å². The van der Waals surface area contributed by atoms with Crippen LogP contribution in [-0.2, 0) is 17.8 Å². The smallest absolute Gasteiger partial charge is 0.253 e. The van der Waals surface area contributed by atoms with Crippen molar-refractivity contribution in [2.75, 3.05) is 20.6 Å². The van der Waals surface area contributed by atoms with Crippen LogP contribution in [0, 0.1) is 6.92 Å². The Labute approximate surface area is 150 Å². The number of hydrogen-bond donors (Lipinski definition) is 0. The number of likely N-dealkylation sites (N-methyl/N-ethyl adjacent to an activating group) is 1. The fraction of sp³-hybridized carbons (Fsp3) is 0.333. The van der Waals surface area contributed by atoms with Crippen molar-refractivity contribution in [1.82, 2.24) is 9.80 Å². The Hall–Kier alpha value is -2.62. The van der Waals surface area contributed by atoms with E-state index < -0.39 is 0 Å². The molecule has 2 amide bonds. The molecule has 0 saturated heterocycles. The van der Waals surface area contributed by atoms with E-state index >= 15 is 0 Å². The van der Waals surface area contributed by atoms with E-state index in [2.05, 4.69) is 0 Å². The normalized spacial score (nSPS) is 10.4. The molecule has 0 aliphatic carbocycles. The van der Waals surface area contributed by atoms with Crippen molar-refractivity contribution in [2.45, 2.75) is 26.8 Å². The summed E-state index contributed by atoms with van der Waals surface area (Å²) in [4.78, 5) is 27.9. The first-order valence-electron chi connectivity index (χ1n) is 8.54. The van der Waals surface area contributed by atoms with Crippen LogP contribution in [0.5, 0.6) is 0 Å². The predicted molar refractivity (Wildman–Crippen MR) is 100 cm³/mol. The topological polar surface area (TPSA) is 40.6 Å². The SMILES string of the molecule is CCN(Cc1ccc(C(=O)N(C)C)cc1)C(=O)Cc1cccc(C)c1. The van der Waals surface area contributed by atoms with Crippen molar-refractivity contribution in [3.8, 4) is 0 Å². The molecule has 25 heavy (non-hydrogen) atoms.